The minimum absolute atomic E-state index is 0.487. The molecule has 1 aromatic carbocycles. The number of nitrogens with one attached hydrogen (secondary N) is 1. The van der Waals surface area contributed by atoms with Gasteiger partial charge in [-0.3, -0.25) is 0 Å². The zero-order valence-corrected chi connectivity index (χ0v) is 11.6. The first-order valence-corrected chi connectivity index (χ1v) is 7.25. The molecule has 3 heteroatoms. The minimum atomic E-state index is 0.487. The van der Waals surface area contributed by atoms with Gasteiger partial charge in [-0.1, -0.05) is 36.4 Å². The molecule has 2 aromatic rings. The third-order valence-electron chi connectivity index (χ3n) is 3.64. The van der Waals surface area contributed by atoms with E-state index in [1.165, 1.54) is 24.0 Å². The van der Waals surface area contributed by atoms with Crippen molar-refractivity contribution in [2.75, 3.05) is 13.2 Å². The summed E-state index contributed by atoms with van der Waals surface area (Å²) in [5.41, 5.74) is 2.51. The van der Waals surface area contributed by atoms with Crippen LogP contribution in [0.25, 0.3) is 0 Å². The summed E-state index contributed by atoms with van der Waals surface area (Å²) >= 11 is 0. The lowest BCUT2D eigenvalue weighted by Gasteiger charge is -2.11. The summed E-state index contributed by atoms with van der Waals surface area (Å²) in [6.07, 6.45) is 5.27. The number of aromatic nitrogens is 1. The van der Waals surface area contributed by atoms with Crippen LogP contribution >= 0.6 is 0 Å². The number of ether oxygens (including phenoxy) is 1. The van der Waals surface area contributed by atoms with Gasteiger partial charge in [0.1, 0.15) is 6.61 Å². The van der Waals surface area contributed by atoms with Crippen molar-refractivity contribution in [3.05, 3.63) is 59.8 Å². The van der Waals surface area contributed by atoms with Crippen molar-refractivity contribution >= 4 is 0 Å². The van der Waals surface area contributed by atoms with Crippen molar-refractivity contribution in [2.45, 2.75) is 25.3 Å². The van der Waals surface area contributed by atoms with E-state index in [1.807, 2.05) is 18.3 Å². The molecule has 3 rings (SSSR count). The molecular weight excluding hydrogens is 248 g/mol. The molecule has 0 saturated carbocycles. The second-order valence-electron chi connectivity index (χ2n) is 5.27. The van der Waals surface area contributed by atoms with Crippen molar-refractivity contribution in [3.8, 4) is 5.88 Å². The first kappa shape index (κ1) is 13.1. The Morgan fingerprint density at radius 3 is 2.70 bits per heavy atom. The molecule has 20 heavy (non-hydrogen) atoms. The maximum Gasteiger partial charge on any atom is 0.213 e. The van der Waals surface area contributed by atoms with Crippen molar-refractivity contribution in [2.24, 2.45) is 0 Å². The van der Waals surface area contributed by atoms with Crippen LogP contribution in [0.4, 0.5) is 0 Å². The highest BCUT2D eigenvalue weighted by molar-refractivity contribution is 5.26. The van der Waals surface area contributed by atoms with E-state index in [-0.39, 0.29) is 0 Å². The van der Waals surface area contributed by atoms with Gasteiger partial charge >= 0.3 is 0 Å². The van der Waals surface area contributed by atoms with Crippen LogP contribution in [0.2, 0.25) is 0 Å². The molecule has 0 radical (unpaired) electrons. The Bertz CT molecular complexity index is 518. The largest absolute Gasteiger partial charge is 0.476 e. The van der Waals surface area contributed by atoms with Gasteiger partial charge in [-0.05, 0) is 36.9 Å². The fraction of sp³-hybridized carbons (Fsp3) is 0.353. The standard InChI is InChI=1S/C17H20N2O/c1-2-5-14(6-3-1)11-15-8-9-17(19-12-15)20-13-16-7-4-10-18-16/h1-3,5-6,8-9,12,16,18H,4,7,10-11,13H2/t16-/m1/s1. The van der Waals surface area contributed by atoms with Crippen LogP contribution in [0, 0.1) is 0 Å². The Hall–Kier alpha value is -1.87. The first-order chi connectivity index (χ1) is 9.90. The summed E-state index contributed by atoms with van der Waals surface area (Å²) in [6, 6.07) is 15.0. The number of hydrogen-bond donors (Lipinski definition) is 1. The molecule has 1 atom stereocenters. The summed E-state index contributed by atoms with van der Waals surface area (Å²) < 4.78 is 5.72. The molecule has 3 nitrogen and oxygen atoms in total. The van der Waals surface area contributed by atoms with Crippen molar-refractivity contribution < 1.29 is 4.74 Å². The fourth-order valence-corrected chi connectivity index (χ4v) is 2.52. The van der Waals surface area contributed by atoms with Gasteiger partial charge in [-0.2, -0.15) is 0 Å². The average Bonchev–Trinajstić information content (AvgIpc) is 3.01. The zero-order valence-electron chi connectivity index (χ0n) is 11.6. The third-order valence-corrected chi connectivity index (χ3v) is 3.64. The highest BCUT2D eigenvalue weighted by atomic mass is 16.5. The van der Waals surface area contributed by atoms with Gasteiger partial charge in [-0.15, -0.1) is 0 Å². The van der Waals surface area contributed by atoms with Crippen LogP contribution in [0.5, 0.6) is 5.88 Å². The molecule has 1 fully saturated rings. The molecule has 2 heterocycles. The molecule has 0 spiro atoms. The van der Waals surface area contributed by atoms with Crippen LogP contribution < -0.4 is 10.1 Å². The fourth-order valence-electron chi connectivity index (χ4n) is 2.52. The van der Waals surface area contributed by atoms with E-state index in [4.69, 9.17) is 4.74 Å². The van der Waals surface area contributed by atoms with E-state index in [9.17, 15) is 0 Å². The molecule has 1 N–H and O–H groups in total. The lowest BCUT2D eigenvalue weighted by molar-refractivity contribution is 0.267. The van der Waals surface area contributed by atoms with Crippen molar-refractivity contribution in [1.82, 2.24) is 10.3 Å². The van der Waals surface area contributed by atoms with Gasteiger partial charge in [0.25, 0.3) is 0 Å². The Kier molecular flexibility index (Phi) is 4.28. The molecule has 0 amide bonds. The minimum Gasteiger partial charge on any atom is -0.476 e. The van der Waals surface area contributed by atoms with Crippen LogP contribution in [0.3, 0.4) is 0 Å². The smallest absolute Gasteiger partial charge is 0.213 e. The Morgan fingerprint density at radius 1 is 1.10 bits per heavy atom. The van der Waals surface area contributed by atoms with Crippen LogP contribution in [-0.4, -0.2) is 24.2 Å². The van der Waals surface area contributed by atoms with E-state index < -0.39 is 0 Å². The third kappa shape index (κ3) is 3.58. The Balaban J connectivity index is 1.54. The van der Waals surface area contributed by atoms with E-state index in [0.717, 1.165) is 18.8 Å². The van der Waals surface area contributed by atoms with Crippen molar-refractivity contribution in [3.63, 3.8) is 0 Å². The maximum atomic E-state index is 5.72. The SMILES string of the molecule is c1ccc(Cc2ccc(OC[C@H]3CCCN3)nc2)cc1. The number of nitrogens with zero attached hydrogens (tertiary/aromatic N) is 1. The summed E-state index contributed by atoms with van der Waals surface area (Å²) in [6.45, 7) is 1.82. The summed E-state index contributed by atoms with van der Waals surface area (Å²) in [7, 11) is 0. The van der Waals surface area contributed by atoms with E-state index in [2.05, 4.69) is 40.6 Å². The van der Waals surface area contributed by atoms with Gasteiger partial charge < -0.3 is 10.1 Å². The maximum absolute atomic E-state index is 5.72. The van der Waals surface area contributed by atoms with Crippen LogP contribution in [-0.2, 0) is 6.42 Å². The molecule has 1 aromatic heterocycles. The quantitative estimate of drug-likeness (QED) is 0.905. The number of hydrogen-bond acceptors (Lipinski definition) is 3. The van der Waals surface area contributed by atoms with E-state index >= 15 is 0 Å². The highest BCUT2D eigenvalue weighted by Gasteiger charge is 2.14. The monoisotopic (exact) mass is 268 g/mol. The van der Waals surface area contributed by atoms with Gasteiger partial charge in [0, 0.05) is 18.3 Å². The second-order valence-corrected chi connectivity index (χ2v) is 5.27. The molecule has 0 bridgehead atoms. The summed E-state index contributed by atoms with van der Waals surface area (Å²) in [4.78, 5) is 4.39. The Morgan fingerprint density at radius 2 is 2.00 bits per heavy atom. The lowest BCUT2D eigenvalue weighted by Crippen LogP contribution is -2.28. The molecular formula is C17H20N2O. The molecule has 1 aliphatic rings. The normalized spacial score (nSPS) is 18.1. The topological polar surface area (TPSA) is 34.1 Å². The van der Waals surface area contributed by atoms with Gasteiger partial charge in [0.05, 0.1) is 0 Å². The number of pyridine rings is 1. The van der Waals surface area contributed by atoms with E-state index in [0.29, 0.717) is 12.6 Å². The molecule has 1 saturated heterocycles. The molecule has 0 unspecified atom stereocenters. The molecule has 1 aliphatic heterocycles. The highest BCUT2D eigenvalue weighted by Crippen LogP contribution is 2.13. The van der Waals surface area contributed by atoms with E-state index in [1.54, 1.807) is 0 Å². The molecule has 104 valence electrons. The van der Waals surface area contributed by atoms with Crippen molar-refractivity contribution in [1.29, 1.82) is 0 Å². The first-order valence-electron chi connectivity index (χ1n) is 7.25. The number of rotatable bonds is 5. The predicted octanol–water partition coefficient (Wildman–Crippen LogP) is 2.80. The van der Waals surface area contributed by atoms with Crippen LogP contribution in [0.1, 0.15) is 24.0 Å². The second kappa shape index (κ2) is 6.53. The molecule has 0 aliphatic carbocycles. The van der Waals surface area contributed by atoms with Gasteiger partial charge in [0.2, 0.25) is 5.88 Å². The zero-order chi connectivity index (χ0) is 13.6. The summed E-state index contributed by atoms with van der Waals surface area (Å²) in [5.74, 6) is 0.718. The Labute approximate surface area is 120 Å². The number of benzene rings is 1. The average molecular weight is 268 g/mol. The van der Waals surface area contributed by atoms with Gasteiger partial charge in [0.15, 0.2) is 0 Å². The predicted molar refractivity (Wildman–Crippen MR) is 80.0 cm³/mol. The summed E-state index contributed by atoms with van der Waals surface area (Å²) in [5, 5.41) is 3.42. The van der Waals surface area contributed by atoms with Gasteiger partial charge in [-0.25, -0.2) is 4.98 Å². The van der Waals surface area contributed by atoms with Crippen LogP contribution in [0.15, 0.2) is 48.7 Å². The lowest BCUT2D eigenvalue weighted by atomic mass is 10.1.